The van der Waals surface area contributed by atoms with E-state index in [0.717, 1.165) is 26.1 Å². The highest BCUT2D eigenvalue weighted by Gasteiger charge is 2.23. The number of carbonyl (C=O) groups is 2. The maximum atomic E-state index is 12.9. The molecule has 6 heteroatoms. The fraction of sp³-hybridized carbons (Fsp3) is 0.409. The van der Waals surface area contributed by atoms with Gasteiger partial charge in [0.15, 0.2) is 0 Å². The highest BCUT2D eigenvalue weighted by Crippen LogP contribution is 2.12. The van der Waals surface area contributed by atoms with Crippen LogP contribution in [0.15, 0.2) is 48.7 Å². The Hall–Kier alpha value is -2.73. The number of piperazine rings is 1. The summed E-state index contributed by atoms with van der Waals surface area (Å²) < 4.78 is 0. The van der Waals surface area contributed by atoms with Gasteiger partial charge < -0.3 is 10.2 Å². The molecule has 1 saturated heterocycles. The first kappa shape index (κ1) is 20.0. The largest absolute Gasteiger partial charge is 0.348 e. The molecule has 0 aliphatic carbocycles. The summed E-state index contributed by atoms with van der Waals surface area (Å²) >= 11 is 0. The average molecular weight is 380 g/mol. The lowest BCUT2D eigenvalue weighted by Crippen LogP contribution is -2.48. The van der Waals surface area contributed by atoms with Gasteiger partial charge in [-0.25, -0.2) is 0 Å². The van der Waals surface area contributed by atoms with E-state index < -0.39 is 0 Å². The Labute approximate surface area is 166 Å². The number of benzene rings is 1. The van der Waals surface area contributed by atoms with Crippen molar-refractivity contribution in [3.05, 3.63) is 65.5 Å². The van der Waals surface area contributed by atoms with E-state index >= 15 is 0 Å². The minimum Gasteiger partial charge on any atom is -0.348 e. The molecule has 6 nitrogen and oxygen atoms in total. The first-order valence-corrected chi connectivity index (χ1v) is 9.89. The van der Waals surface area contributed by atoms with Crippen LogP contribution in [-0.2, 0) is 6.54 Å². The molecule has 28 heavy (non-hydrogen) atoms. The summed E-state index contributed by atoms with van der Waals surface area (Å²) in [5, 5.41) is 2.89. The van der Waals surface area contributed by atoms with Crippen LogP contribution in [0.4, 0.5) is 0 Å². The van der Waals surface area contributed by atoms with E-state index in [1.165, 1.54) is 11.8 Å². The number of hydrogen-bond donors (Lipinski definition) is 1. The van der Waals surface area contributed by atoms with Crippen LogP contribution in [0.1, 0.15) is 46.7 Å². The highest BCUT2D eigenvalue weighted by atomic mass is 16.2. The summed E-state index contributed by atoms with van der Waals surface area (Å²) in [4.78, 5) is 33.5. The van der Waals surface area contributed by atoms with E-state index in [1.807, 2.05) is 36.9 Å². The van der Waals surface area contributed by atoms with Crippen LogP contribution in [-0.4, -0.2) is 58.8 Å². The van der Waals surface area contributed by atoms with E-state index in [4.69, 9.17) is 0 Å². The summed E-state index contributed by atoms with van der Waals surface area (Å²) in [5.41, 5.74) is 2.09. The predicted octanol–water partition coefficient (Wildman–Crippen LogP) is 2.57. The van der Waals surface area contributed by atoms with Gasteiger partial charge >= 0.3 is 0 Å². The van der Waals surface area contributed by atoms with Gasteiger partial charge in [0.2, 0.25) is 0 Å². The minimum atomic E-state index is -0.239. The lowest BCUT2D eigenvalue weighted by atomic mass is 10.1. The lowest BCUT2D eigenvalue weighted by molar-refractivity contribution is 0.0628. The fourth-order valence-electron chi connectivity index (χ4n) is 3.22. The van der Waals surface area contributed by atoms with Crippen LogP contribution in [0.5, 0.6) is 0 Å². The molecule has 0 radical (unpaired) electrons. The van der Waals surface area contributed by atoms with Gasteiger partial charge in [0.1, 0.15) is 5.69 Å². The Morgan fingerprint density at radius 1 is 1.11 bits per heavy atom. The summed E-state index contributed by atoms with van der Waals surface area (Å²) in [7, 11) is 0. The van der Waals surface area contributed by atoms with Crippen molar-refractivity contribution in [1.29, 1.82) is 0 Å². The van der Waals surface area contributed by atoms with Crippen molar-refractivity contribution in [2.75, 3.05) is 26.2 Å². The second-order valence-electron chi connectivity index (χ2n) is 7.27. The van der Waals surface area contributed by atoms with Gasteiger partial charge in [-0.1, -0.05) is 37.3 Å². The molecule has 1 unspecified atom stereocenters. The molecule has 1 aliphatic rings. The van der Waals surface area contributed by atoms with Crippen molar-refractivity contribution in [3.63, 3.8) is 0 Å². The van der Waals surface area contributed by atoms with E-state index in [9.17, 15) is 9.59 Å². The number of carbonyl (C=O) groups excluding carboxylic acids is 2. The number of amides is 2. The molecule has 1 aliphatic heterocycles. The first-order valence-electron chi connectivity index (χ1n) is 9.89. The zero-order valence-corrected chi connectivity index (χ0v) is 16.6. The Kier molecular flexibility index (Phi) is 6.76. The summed E-state index contributed by atoms with van der Waals surface area (Å²) in [5.74, 6) is -0.281. The van der Waals surface area contributed by atoms with Crippen molar-refractivity contribution in [2.24, 2.45) is 0 Å². The smallest absolute Gasteiger partial charge is 0.270 e. The molecule has 2 heterocycles. The molecule has 1 aromatic carbocycles. The third-order valence-corrected chi connectivity index (χ3v) is 5.14. The molecule has 1 N–H and O–H groups in total. The van der Waals surface area contributed by atoms with Gasteiger partial charge in [0.25, 0.3) is 11.8 Å². The van der Waals surface area contributed by atoms with Crippen molar-refractivity contribution in [1.82, 2.24) is 20.1 Å². The third kappa shape index (κ3) is 5.16. The molecular weight excluding hydrogens is 352 g/mol. The van der Waals surface area contributed by atoms with Crippen molar-refractivity contribution < 1.29 is 9.59 Å². The molecule has 2 amide bonds. The molecule has 0 saturated carbocycles. The van der Waals surface area contributed by atoms with Gasteiger partial charge in [-0.05, 0) is 31.0 Å². The Balaban J connectivity index is 1.57. The average Bonchev–Trinajstić information content (AvgIpc) is 2.74. The van der Waals surface area contributed by atoms with E-state index in [0.29, 0.717) is 18.7 Å². The number of pyridine rings is 1. The number of aromatic nitrogens is 1. The van der Waals surface area contributed by atoms with Crippen LogP contribution in [0, 0.1) is 0 Å². The molecule has 1 fully saturated rings. The highest BCUT2D eigenvalue weighted by molar-refractivity contribution is 5.98. The molecule has 1 aromatic heterocycles. The van der Waals surface area contributed by atoms with Crippen molar-refractivity contribution in [3.8, 4) is 0 Å². The molecule has 0 spiro atoms. The second-order valence-corrected chi connectivity index (χ2v) is 7.27. The molecule has 3 rings (SSSR count). The number of rotatable bonds is 6. The minimum absolute atomic E-state index is 0.0423. The topological polar surface area (TPSA) is 65.5 Å². The zero-order valence-electron chi connectivity index (χ0n) is 16.6. The second kappa shape index (κ2) is 9.46. The predicted molar refractivity (Wildman–Crippen MR) is 109 cm³/mol. The third-order valence-electron chi connectivity index (χ3n) is 5.14. The Bertz CT molecular complexity index is 801. The van der Waals surface area contributed by atoms with E-state index in [-0.39, 0.29) is 23.6 Å². The van der Waals surface area contributed by atoms with Gasteiger partial charge in [-0.15, -0.1) is 0 Å². The molecule has 1 atom stereocenters. The number of nitrogens with zero attached hydrogens (tertiary/aromatic N) is 3. The van der Waals surface area contributed by atoms with Gasteiger partial charge in [0.05, 0.1) is 0 Å². The zero-order chi connectivity index (χ0) is 19.9. The summed E-state index contributed by atoms with van der Waals surface area (Å²) in [6, 6.07) is 13.7. The SMILES string of the molecule is CCC(C)NC(=O)c1cc(C(=O)N2CCN(Cc3ccccc3)CC2)ccn1. The number of nitrogens with one attached hydrogen (secondary N) is 1. The Morgan fingerprint density at radius 3 is 2.50 bits per heavy atom. The van der Waals surface area contributed by atoms with Crippen LogP contribution < -0.4 is 5.32 Å². The Morgan fingerprint density at radius 2 is 1.82 bits per heavy atom. The summed E-state index contributed by atoms with van der Waals surface area (Å²) in [6.07, 6.45) is 2.38. The molecule has 0 bridgehead atoms. The normalized spacial score (nSPS) is 15.9. The van der Waals surface area contributed by atoms with Crippen molar-refractivity contribution in [2.45, 2.75) is 32.9 Å². The van der Waals surface area contributed by atoms with Crippen molar-refractivity contribution >= 4 is 11.8 Å². The van der Waals surface area contributed by atoms with Crippen LogP contribution in [0.2, 0.25) is 0 Å². The number of hydrogen-bond acceptors (Lipinski definition) is 4. The standard InChI is InChI=1S/C22H28N4O2/c1-3-17(2)24-21(27)20-15-19(9-10-23-20)22(28)26-13-11-25(12-14-26)16-18-7-5-4-6-8-18/h4-10,15,17H,3,11-14,16H2,1-2H3,(H,24,27). The van der Waals surface area contributed by atoms with E-state index in [1.54, 1.807) is 12.1 Å². The molecule has 2 aromatic rings. The quantitative estimate of drug-likeness (QED) is 0.837. The monoisotopic (exact) mass is 380 g/mol. The first-order chi connectivity index (χ1) is 13.6. The van der Waals surface area contributed by atoms with E-state index in [2.05, 4.69) is 27.3 Å². The van der Waals surface area contributed by atoms with Gasteiger partial charge in [-0.3, -0.25) is 19.5 Å². The summed E-state index contributed by atoms with van der Waals surface area (Å²) in [6.45, 7) is 7.90. The van der Waals surface area contributed by atoms with Crippen LogP contribution >= 0.6 is 0 Å². The molecular formula is C22H28N4O2. The van der Waals surface area contributed by atoms with Crippen LogP contribution in [0.25, 0.3) is 0 Å². The maximum Gasteiger partial charge on any atom is 0.270 e. The van der Waals surface area contributed by atoms with Gasteiger partial charge in [-0.2, -0.15) is 0 Å². The van der Waals surface area contributed by atoms with Crippen LogP contribution in [0.3, 0.4) is 0 Å². The van der Waals surface area contributed by atoms with Gasteiger partial charge in [0, 0.05) is 50.5 Å². The molecule has 148 valence electrons. The lowest BCUT2D eigenvalue weighted by Gasteiger charge is -2.34. The fourth-order valence-corrected chi connectivity index (χ4v) is 3.22. The maximum absolute atomic E-state index is 12.9.